The van der Waals surface area contributed by atoms with Crippen molar-refractivity contribution in [1.82, 2.24) is 0 Å². The van der Waals surface area contributed by atoms with E-state index in [1.54, 1.807) is 23.1 Å². The number of carbonyl (C=O) groups excluding carboxylic acids is 1. The topological polar surface area (TPSA) is 40.5 Å². The predicted octanol–water partition coefficient (Wildman–Crippen LogP) is 2.75. The van der Waals surface area contributed by atoms with Gasteiger partial charge in [-0.05, 0) is 40.0 Å². The molecule has 1 heterocycles. The van der Waals surface area contributed by atoms with Crippen LogP contribution in [-0.4, -0.2) is 23.4 Å². The number of alkyl halides is 1. The van der Waals surface area contributed by atoms with Crippen molar-refractivity contribution in [2.45, 2.75) is 6.42 Å². The van der Waals surface area contributed by atoms with E-state index < -0.39 is 0 Å². The van der Waals surface area contributed by atoms with Crippen molar-refractivity contribution in [3.8, 4) is 5.75 Å². The van der Waals surface area contributed by atoms with Gasteiger partial charge in [0.25, 0.3) is 0 Å². The molecule has 16 heavy (non-hydrogen) atoms. The van der Waals surface area contributed by atoms with Crippen LogP contribution in [0, 0.1) is 5.92 Å². The molecular weight excluding hydrogens is 293 g/mol. The van der Waals surface area contributed by atoms with Gasteiger partial charge < -0.3 is 10.0 Å². The number of amides is 1. The number of carbonyl (C=O) groups is 1. The third kappa shape index (κ3) is 2.18. The summed E-state index contributed by atoms with van der Waals surface area (Å²) >= 11 is 8.99. The summed E-state index contributed by atoms with van der Waals surface area (Å²) in [4.78, 5) is 13.4. The Bertz CT molecular complexity index is 424. The molecule has 0 radical (unpaired) electrons. The van der Waals surface area contributed by atoms with Crippen LogP contribution in [0.25, 0.3) is 0 Å². The van der Waals surface area contributed by atoms with Gasteiger partial charge in [0.1, 0.15) is 5.75 Å². The van der Waals surface area contributed by atoms with E-state index in [0.717, 1.165) is 5.69 Å². The van der Waals surface area contributed by atoms with E-state index >= 15 is 0 Å². The van der Waals surface area contributed by atoms with Gasteiger partial charge in [-0.2, -0.15) is 0 Å². The van der Waals surface area contributed by atoms with Crippen molar-refractivity contribution in [2.75, 3.05) is 17.3 Å². The number of phenols is 1. The van der Waals surface area contributed by atoms with Crippen molar-refractivity contribution in [3.05, 3.63) is 22.7 Å². The Balaban J connectivity index is 2.24. The van der Waals surface area contributed by atoms with Crippen molar-refractivity contribution < 1.29 is 9.90 Å². The van der Waals surface area contributed by atoms with Crippen LogP contribution >= 0.6 is 27.5 Å². The Kier molecular flexibility index (Phi) is 3.40. The zero-order chi connectivity index (χ0) is 11.7. The lowest BCUT2D eigenvalue weighted by Crippen LogP contribution is -2.24. The lowest BCUT2D eigenvalue weighted by atomic mass is 10.1. The van der Waals surface area contributed by atoms with Crippen LogP contribution in [0.4, 0.5) is 5.69 Å². The maximum Gasteiger partial charge on any atom is 0.227 e. The maximum atomic E-state index is 11.7. The van der Waals surface area contributed by atoms with Gasteiger partial charge in [0.2, 0.25) is 5.91 Å². The van der Waals surface area contributed by atoms with Crippen LogP contribution in [-0.2, 0) is 4.79 Å². The van der Waals surface area contributed by atoms with E-state index in [1.165, 1.54) is 0 Å². The molecular formula is C11H11BrClNO2. The third-order valence-electron chi connectivity index (χ3n) is 2.67. The fraction of sp³-hybridized carbons (Fsp3) is 0.364. The van der Waals surface area contributed by atoms with E-state index in [9.17, 15) is 9.90 Å². The van der Waals surface area contributed by atoms with Crippen molar-refractivity contribution in [1.29, 1.82) is 0 Å². The third-order valence-corrected chi connectivity index (χ3v) is 3.74. The molecule has 1 fully saturated rings. The fourth-order valence-electron chi connectivity index (χ4n) is 1.80. The molecule has 1 aliphatic rings. The minimum atomic E-state index is 0.0863. The highest BCUT2D eigenvalue weighted by Crippen LogP contribution is 2.32. The highest BCUT2D eigenvalue weighted by atomic mass is 79.9. The first-order valence-corrected chi connectivity index (χ1v) is 6.29. The average Bonchev–Trinajstić information content (AvgIpc) is 2.64. The number of halogens is 2. The van der Waals surface area contributed by atoms with Crippen LogP contribution < -0.4 is 4.90 Å². The summed E-state index contributed by atoms with van der Waals surface area (Å²) < 4.78 is 0.590. The van der Waals surface area contributed by atoms with Crippen LogP contribution in [0.2, 0.25) is 0 Å². The van der Waals surface area contributed by atoms with Gasteiger partial charge in [-0.3, -0.25) is 4.79 Å². The van der Waals surface area contributed by atoms with E-state index in [4.69, 9.17) is 11.6 Å². The standard InChI is InChI=1S/C11H11BrClNO2/c12-9-4-8(1-2-10(9)15)14-6-7(5-13)3-11(14)16/h1-2,4,7,15H,3,5-6H2. The smallest absolute Gasteiger partial charge is 0.227 e. The summed E-state index contributed by atoms with van der Waals surface area (Å²) in [5.41, 5.74) is 0.794. The Labute approximate surface area is 107 Å². The van der Waals surface area contributed by atoms with Crippen molar-refractivity contribution >= 4 is 39.1 Å². The summed E-state index contributed by atoms with van der Waals surface area (Å²) in [7, 11) is 0. The molecule has 1 aliphatic heterocycles. The molecule has 1 aromatic rings. The lowest BCUT2D eigenvalue weighted by Gasteiger charge is -2.16. The van der Waals surface area contributed by atoms with Crippen LogP contribution in [0.3, 0.4) is 0 Å². The molecule has 2 rings (SSSR count). The van der Waals surface area contributed by atoms with Crippen LogP contribution in [0.15, 0.2) is 22.7 Å². The number of aromatic hydroxyl groups is 1. The molecule has 86 valence electrons. The highest BCUT2D eigenvalue weighted by Gasteiger charge is 2.30. The molecule has 1 unspecified atom stereocenters. The first-order valence-electron chi connectivity index (χ1n) is 4.96. The molecule has 0 aromatic heterocycles. The largest absolute Gasteiger partial charge is 0.507 e. The summed E-state index contributed by atoms with van der Waals surface area (Å²) in [6.07, 6.45) is 0.502. The van der Waals surface area contributed by atoms with Crippen molar-refractivity contribution in [2.24, 2.45) is 5.92 Å². The first kappa shape index (κ1) is 11.7. The number of nitrogens with zero attached hydrogens (tertiary/aromatic N) is 1. The van der Waals surface area contributed by atoms with Gasteiger partial charge in [0, 0.05) is 24.5 Å². The minimum absolute atomic E-state index is 0.0863. The molecule has 0 spiro atoms. The number of hydrogen-bond acceptors (Lipinski definition) is 2. The Morgan fingerprint density at radius 2 is 2.31 bits per heavy atom. The van der Waals surface area contributed by atoms with Gasteiger partial charge in [-0.1, -0.05) is 0 Å². The normalized spacial score (nSPS) is 20.5. The molecule has 1 saturated heterocycles. The molecule has 1 aromatic carbocycles. The molecule has 1 N–H and O–H groups in total. The minimum Gasteiger partial charge on any atom is -0.507 e. The molecule has 3 nitrogen and oxygen atoms in total. The summed E-state index contributed by atoms with van der Waals surface area (Å²) in [6, 6.07) is 5.04. The quantitative estimate of drug-likeness (QED) is 0.854. The van der Waals surface area contributed by atoms with E-state index in [0.29, 0.717) is 23.3 Å². The maximum absolute atomic E-state index is 11.7. The summed E-state index contributed by atoms with van der Waals surface area (Å²) in [5, 5.41) is 9.38. The summed E-state index contributed by atoms with van der Waals surface area (Å²) in [6.45, 7) is 0.652. The monoisotopic (exact) mass is 303 g/mol. The van der Waals surface area contributed by atoms with Gasteiger partial charge in [-0.15, -0.1) is 11.6 Å². The number of anilines is 1. The highest BCUT2D eigenvalue weighted by molar-refractivity contribution is 9.10. The Morgan fingerprint density at radius 1 is 1.56 bits per heavy atom. The number of hydrogen-bond donors (Lipinski definition) is 1. The number of rotatable bonds is 2. The molecule has 1 amide bonds. The number of phenolic OH excluding ortho intramolecular Hbond substituents is 1. The SMILES string of the molecule is O=C1CC(CCl)CN1c1ccc(O)c(Br)c1. The average molecular weight is 305 g/mol. The van der Waals surface area contributed by atoms with E-state index in [-0.39, 0.29) is 17.6 Å². The Morgan fingerprint density at radius 3 is 2.88 bits per heavy atom. The second kappa shape index (κ2) is 4.63. The van der Waals surface area contributed by atoms with Crippen LogP contribution in [0.1, 0.15) is 6.42 Å². The molecule has 0 bridgehead atoms. The molecule has 1 atom stereocenters. The van der Waals surface area contributed by atoms with Gasteiger partial charge in [-0.25, -0.2) is 0 Å². The summed E-state index contributed by atoms with van der Waals surface area (Å²) in [5.74, 6) is 0.982. The predicted molar refractivity (Wildman–Crippen MR) is 67.0 cm³/mol. The second-order valence-electron chi connectivity index (χ2n) is 3.86. The zero-order valence-corrected chi connectivity index (χ0v) is 10.8. The second-order valence-corrected chi connectivity index (χ2v) is 5.03. The molecule has 0 aliphatic carbocycles. The van der Waals surface area contributed by atoms with Gasteiger partial charge in [0.05, 0.1) is 4.47 Å². The van der Waals surface area contributed by atoms with Gasteiger partial charge in [0.15, 0.2) is 0 Å². The first-order chi connectivity index (χ1) is 7.61. The fourth-order valence-corrected chi connectivity index (χ4v) is 2.37. The lowest BCUT2D eigenvalue weighted by molar-refractivity contribution is -0.117. The molecule has 5 heteroatoms. The van der Waals surface area contributed by atoms with E-state index in [2.05, 4.69) is 15.9 Å². The van der Waals surface area contributed by atoms with Gasteiger partial charge >= 0.3 is 0 Å². The number of benzene rings is 1. The van der Waals surface area contributed by atoms with Crippen LogP contribution in [0.5, 0.6) is 5.75 Å². The molecule has 0 saturated carbocycles. The van der Waals surface area contributed by atoms with E-state index in [1.807, 2.05) is 0 Å². The van der Waals surface area contributed by atoms with Crippen molar-refractivity contribution in [3.63, 3.8) is 0 Å². The Hall–Kier alpha value is -0.740. The zero-order valence-electron chi connectivity index (χ0n) is 8.49.